The second-order valence-electron chi connectivity index (χ2n) is 2.84. The van der Waals surface area contributed by atoms with Crippen LogP contribution in [0.15, 0.2) is 18.2 Å². The molecule has 0 aliphatic rings. The van der Waals surface area contributed by atoms with Crippen LogP contribution >= 0.6 is 0 Å². The summed E-state index contributed by atoms with van der Waals surface area (Å²) in [7, 11) is -4.10. The molecule has 0 amide bonds. The molecule has 3 N–H and O–H groups in total. The minimum absolute atomic E-state index is 0.207. The SMILES string of the molecule is NS(=O)(=O)OCc1ccc(O)c([N+](=O)[O-])c1. The zero-order valence-electron chi connectivity index (χ0n) is 7.86. The quantitative estimate of drug-likeness (QED) is 0.570. The van der Waals surface area contributed by atoms with E-state index >= 15 is 0 Å². The van der Waals surface area contributed by atoms with Crippen LogP contribution in [0.4, 0.5) is 5.69 Å². The smallest absolute Gasteiger partial charge is 0.333 e. The van der Waals surface area contributed by atoms with Crippen LogP contribution < -0.4 is 5.14 Å². The lowest BCUT2D eigenvalue weighted by atomic mass is 10.2. The Kier molecular flexibility index (Phi) is 3.42. The molecule has 8 nitrogen and oxygen atoms in total. The predicted octanol–water partition coefficient (Wildman–Crippen LogP) is 0.0205. The van der Waals surface area contributed by atoms with Crippen molar-refractivity contribution < 1.29 is 22.6 Å². The van der Waals surface area contributed by atoms with E-state index in [9.17, 15) is 18.5 Å². The first-order valence-corrected chi connectivity index (χ1v) is 5.40. The van der Waals surface area contributed by atoms with Crippen molar-refractivity contribution in [3.63, 3.8) is 0 Å². The molecule has 1 aromatic carbocycles. The average Bonchev–Trinajstić information content (AvgIpc) is 2.14. The number of nitrogens with zero attached hydrogens (tertiary/aromatic N) is 1. The van der Waals surface area contributed by atoms with Crippen LogP contribution in [0.25, 0.3) is 0 Å². The molecule has 0 radical (unpaired) electrons. The Morgan fingerprint density at radius 2 is 2.12 bits per heavy atom. The van der Waals surface area contributed by atoms with E-state index < -0.39 is 33.3 Å². The molecule has 0 heterocycles. The van der Waals surface area contributed by atoms with E-state index in [0.29, 0.717) is 0 Å². The summed E-state index contributed by atoms with van der Waals surface area (Å²) in [4.78, 5) is 9.64. The zero-order chi connectivity index (χ0) is 12.3. The Bertz CT molecular complexity index is 512. The van der Waals surface area contributed by atoms with Gasteiger partial charge in [-0.3, -0.25) is 14.3 Å². The molecular weight excluding hydrogens is 240 g/mol. The van der Waals surface area contributed by atoms with Gasteiger partial charge in [0.2, 0.25) is 0 Å². The molecule has 1 aromatic rings. The Morgan fingerprint density at radius 1 is 1.50 bits per heavy atom. The summed E-state index contributed by atoms with van der Waals surface area (Å²) in [6, 6.07) is 3.36. The molecular formula is C7H8N2O6S. The molecule has 0 atom stereocenters. The molecule has 0 bridgehead atoms. The minimum atomic E-state index is -4.10. The summed E-state index contributed by atoms with van der Waals surface area (Å²) in [5, 5.41) is 24.1. The van der Waals surface area contributed by atoms with E-state index in [1.165, 1.54) is 6.07 Å². The van der Waals surface area contributed by atoms with Gasteiger partial charge in [-0.2, -0.15) is 8.42 Å². The molecule has 0 saturated carbocycles. The van der Waals surface area contributed by atoms with Crippen LogP contribution in [-0.4, -0.2) is 18.4 Å². The molecule has 0 unspecified atom stereocenters. The molecule has 0 aromatic heterocycles. The van der Waals surface area contributed by atoms with Crippen molar-refractivity contribution in [2.24, 2.45) is 5.14 Å². The van der Waals surface area contributed by atoms with Gasteiger partial charge >= 0.3 is 16.0 Å². The first-order chi connectivity index (χ1) is 7.29. The molecule has 16 heavy (non-hydrogen) atoms. The number of nitro benzene ring substituents is 1. The van der Waals surface area contributed by atoms with Gasteiger partial charge in [0.15, 0.2) is 5.75 Å². The van der Waals surface area contributed by atoms with E-state index in [0.717, 1.165) is 12.1 Å². The number of nitro groups is 1. The number of benzene rings is 1. The fourth-order valence-electron chi connectivity index (χ4n) is 0.955. The number of phenolic OH excluding ortho intramolecular Hbond substituents is 1. The van der Waals surface area contributed by atoms with Crippen molar-refractivity contribution in [2.45, 2.75) is 6.61 Å². The normalized spacial score (nSPS) is 11.3. The third-order valence-electron chi connectivity index (χ3n) is 1.63. The standard InChI is InChI=1S/C7H8N2O6S/c8-16(13,14)15-4-5-1-2-7(10)6(3-5)9(11)12/h1-3,10H,4H2,(H2,8,13,14). The number of phenols is 1. The van der Waals surface area contributed by atoms with E-state index in [1.54, 1.807) is 0 Å². The molecule has 0 saturated heterocycles. The van der Waals surface area contributed by atoms with Crippen molar-refractivity contribution in [1.82, 2.24) is 0 Å². The summed E-state index contributed by atoms with van der Waals surface area (Å²) in [6.45, 7) is -0.431. The molecule has 0 spiro atoms. The Labute approximate surface area is 90.7 Å². The van der Waals surface area contributed by atoms with Gasteiger partial charge in [-0.25, -0.2) is 5.14 Å². The van der Waals surface area contributed by atoms with Crippen molar-refractivity contribution in [2.75, 3.05) is 0 Å². The molecule has 0 aliphatic carbocycles. The molecule has 1 rings (SSSR count). The lowest BCUT2D eigenvalue weighted by molar-refractivity contribution is -0.385. The first kappa shape index (κ1) is 12.4. The lowest BCUT2D eigenvalue weighted by Gasteiger charge is -2.02. The van der Waals surface area contributed by atoms with Gasteiger partial charge in [-0.1, -0.05) is 6.07 Å². The summed E-state index contributed by atoms with van der Waals surface area (Å²) in [5.74, 6) is -0.510. The van der Waals surface area contributed by atoms with Crippen LogP contribution in [0, 0.1) is 10.1 Å². The van der Waals surface area contributed by atoms with Gasteiger partial charge < -0.3 is 5.11 Å². The fourth-order valence-corrected chi connectivity index (χ4v) is 1.26. The fraction of sp³-hybridized carbons (Fsp3) is 0.143. The van der Waals surface area contributed by atoms with E-state index in [-0.39, 0.29) is 5.56 Å². The van der Waals surface area contributed by atoms with Gasteiger partial charge in [0, 0.05) is 6.07 Å². The monoisotopic (exact) mass is 248 g/mol. The second-order valence-corrected chi connectivity index (χ2v) is 4.06. The van der Waals surface area contributed by atoms with Gasteiger partial charge in [0.1, 0.15) is 0 Å². The largest absolute Gasteiger partial charge is 0.502 e. The number of aromatic hydroxyl groups is 1. The average molecular weight is 248 g/mol. The van der Waals surface area contributed by atoms with E-state index in [4.69, 9.17) is 5.11 Å². The van der Waals surface area contributed by atoms with Crippen LogP contribution in [-0.2, 0) is 21.1 Å². The van der Waals surface area contributed by atoms with Crippen LogP contribution in [0.2, 0.25) is 0 Å². The van der Waals surface area contributed by atoms with Gasteiger partial charge in [0.25, 0.3) is 0 Å². The summed E-state index contributed by atoms with van der Waals surface area (Å²) < 4.78 is 25.2. The van der Waals surface area contributed by atoms with Crippen LogP contribution in [0.3, 0.4) is 0 Å². The predicted molar refractivity (Wildman–Crippen MR) is 52.7 cm³/mol. The lowest BCUT2D eigenvalue weighted by Crippen LogP contribution is -2.15. The zero-order valence-corrected chi connectivity index (χ0v) is 8.68. The minimum Gasteiger partial charge on any atom is -0.502 e. The Morgan fingerprint density at radius 3 is 2.62 bits per heavy atom. The van der Waals surface area contributed by atoms with E-state index in [1.807, 2.05) is 0 Å². The molecule has 88 valence electrons. The maximum Gasteiger partial charge on any atom is 0.333 e. The highest BCUT2D eigenvalue weighted by Crippen LogP contribution is 2.26. The Hall–Kier alpha value is -1.71. The summed E-state index contributed by atoms with van der Waals surface area (Å²) >= 11 is 0. The van der Waals surface area contributed by atoms with Gasteiger partial charge in [-0.05, 0) is 11.6 Å². The van der Waals surface area contributed by atoms with Gasteiger partial charge in [0.05, 0.1) is 11.5 Å². The second kappa shape index (κ2) is 4.43. The maximum atomic E-state index is 10.5. The molecule has 0 aliphatic heterocycles. The first-order valence-electron chi connectivity index (χ1n) is 3.93. The van der Waals surface area contributed by atoms with Crippen molar-refractivity contribution in [1.29, 1.82) is 0 Å². The number of hydrogen-bond donors (Lipinski definition) is 2. The number of hydrogen-bond acceptors (Lipinski definition) is 6. The van der Waals surface area contributed by atoms with Crippen molar-refractivity contribution in [3.05, 3.63) is 33.9 Å². The summed E-state index contributed by atoms with van der Waals surface area (Å²) in [6.07, 6.45) is 0. The molecule has 9 heteroatoms. The third-order valence-corrected chi connectivity index (χ3v) is 2.07. The highest BCUT2D eigenvalue weighted by molar-refractivity contribution is 7.84. The number of rotatable bonds is 4. The third kappa shape index (κ3) is 3.46. The topological polar surface area (TPSA) is 133 Å². The summed E-state index contributed by atoms with van der Waals surface area (Å²) in [5.41, 5.74) is -0.325. The van der Waals surface area contributed by atoms with Crippen molar-refractivity contribution >= 4 is 16.0 Å². The molecule has 0 fully saturated rings. The van der Waals surface area contributed by atoms with Crippen molar-refractivity contribution in [3.8, 4) is 5.75 Å². The number of nitrogens with two attached hydrogens (primary N) is 1. The van der Waals surface area contributed by atoms with Crippen LogP contribution in [0.1, 0.15) is 5.56 Å². The maximum absolute atomic E-state index is 10.5. The van der Waals surface area contributed by atoms with E-state index in [2.05, 4.69) is 9.32 Å². The highest BCUT2D eigenvalue weighted by Gasteiger charge is 2.14. The highest BCUT2D eigenvalue weighted by atomic mass is 32.2. The Balaban J connectivity index is 2.91. The van der Waals surface area contributed by atoms with Gasteiger partial charge in [-0.15, -0.1) is 0 Å². The van der Waals surface area contributed by atoms with Crippen LogP contribution in [0.5, 0.6) is 5.75 Å².